The second-order valence-electron chi connectivity index (χ2n) is 6.15. The summed E-state index contributed by atoms with van der Waals surface area (Å²) < 4.78 is 11.1. The molecule has 1 heterocycles. The summed E-state index contributed by atoms with van der Waals surface area (Å²) in [5.74, 6) is -0.887. The van der Waals surface area contributed by atoms with E-state index in [0.29, 0.717) is 24.3 Å². The van der Waals surface area contributed by atoms with Crippen molar-refractivity contribution in [3.63, 3.8) is 0 Å². The van der Waals surface area contributed by atoms with Crippen molar-refractivity contribution in [1.29, 1.82) is 0 Å². The molecule has 1 aliphatic rings. The molecule has 6 nitrogen and oxygen atoms in total. The average Bonchev–Trinajstić information content (AvgIpc) is 3.10. The molecule has 0 aliphatic carbocycles. The van der Waals surface area contributed by atoms with E-state index < -0.39 is 17.9 Å². The summed E-state index contributed by atoms with van der Waals surface area (Å²) in [6, 6.07) is 5.80. The lowest BCUT2D eigenvalue weighted by molar-refractivity contribution is -0.140. The Bertz CT molecular complexity index is 551. The van der Waals surface area contributed by atoms with E-state index >= 15 is 0 Å². The summed E-state index contributed by atoms with van der Waals surface area (Å²) in [6.45, 7) is 4.99. The van der Waals surface area contributed by atoms with Gasteiger partial charge in [0.1, 0.15) is 18.4 Å². The van der Waals surface area contributed by atoms with Gasteiger partial charge >= 0.3 is 5.97 Å². The molecular weight excluding hydrogens is 310 g/mol. The Hall–Kier alpha value is -2.08. The summed E-state index contributed by atoms with van der Waals surface area (Å²) in [5, 5.41) is 11.8. The van der Waals surface area contributed by atoms with Crippen molar-refractivity contribution in [3.05, 3.63) is 29.8 Å². The van der Waals surface area contributed by atoms with Gasteiger partial charge in [-0.05, 0) is 43.0 Å². The number of hydrogen-bond donors (Lipinski definition) is 2. The van der Waals surface area contributed by atoms with Crippen molar-refractivity contribution in [2.75, 3.05) is 13.2 Å². The van der Waals surface area contributed by atoms with Crippen LogP contribution in [0, 0.1) is 5.92 Å². The number of aliphatic carboxylic acids is 1. The molecule has 3 atom stereocenters. The van der Waals surface area contributed by atoms with Crippen LogP contribution in [0.4, 0.5) is 0 Å². The number of nitrogens with one attached hydrogen (secondary N) is 1. The summed E-state index contributed by atoms with van der Waals surface area (Å²) in [7, 11) is 0. The highest BCUT2D eigenvalue weighted by Crippen LogP contribution is 2.17. The highest BCUT2D eigenvalue weighted by Gasteiger charge is 2.25. The fourth-order valence-electron chi connectivity index (χ4n) is 2.58. The zero-order valence-electron chi connectivity index (χ0n) is 14.2. The van der Waals surface area contributed by atoms with E-state index in [4.69, 9.17) is 9.47 Å². The van der Waals surface area contributed by atoms with Gasteiger partial charge in [0.25, 0.3) is 5.91 Å². The van der Waals surface area contributed by atoms with Gasteiger partial charge in [0, 0.05) is 12.2 Å². The number of carboxylic acid groups (broad SMARTS) is 1. The molecular formula is C18H25NO5. The maximum Gasteiger partial charge on any atom is 0.326 e. The molecule has 0 saturated carbocycles. The predicted molar refractivity (Wildman–Crippen MR) is 89.3 cm³/mol. The highest BCUT2D eigenvalue weighted by molar-refractivity contribution is 5.96. The van der Waals surface area contributed by atoms with E-state index in [2.05, 4.69) is 5.32 Å². The lowest BCUT2D eigenvalue weighted by atomic mass is 9.99. The van der Waals surface area contributed by atoms with Gasteiger partial charge in [0.05, 0.1) is 6.10 Å². The number of rotatable bonds is 8. The summed E-state index contributed by atoms with van der Waals surface area (Å²) in [6.07, 6.45) is 2.88. The number of benzene rings is 1. The highest BCUT2D eigenvalue weighted by atomic mass is 16.5. The third-order valence-corrected chi connectivity index (χ3v) is 4.34. The van der Waals surface area contributed by atoms with E-state index in [0.717, 1.165) is 19.4 Å². The van der Waals surface area contributed by atoms with Gasteiger partial charge < -0.3 is 19.9 Å². The SMILES string of the molecule is CC[C@H](C)[C@H](NC(=O)c1ccc(OCC2CCCO2)cc1)C(=O)O. The molecule has 0 bridgehead atoms. The second-order valence-corrected chi connectivity index (χ2v) is 6.15. The molecule has 6 heteroatoms. The monoisotopic (exact) mass is 335 g/mol. The smallest absolute Gasteiger partial charge is 0.326 e. The Labute approximate surface area is 142 Å². The first-order valence-corrected chi connectivity index (χ1v) is 8.39. The average molecular weight is 335 g/mol. The van der Waals surface area contributed by atoms with Crippen LogP contribution in [0.15, 0.2) is 24.3 Å². The fraction of sp³-hybridized carbons (Fsp3) is 0.556. The standard InChI is InChI=1S/C18H25NO5/c1-3-12(2)16(18(21)22)19-17(20)13-6-8-14(9-7-13)24-11-15-5-4-10-23-15/h6-9,12,15-16H,3-5,10-11H2,1-2H3,(H,19,20)(H,21,22)/t12-,15?,16-/m0/s1. The molecule has 1 amide bonds. The van der Waals surface area contributed by atoms with Gasteiger partial charge in [0.15, 0.2) is 0 Å². The first-order valence-electron chi connectivity index (χ1n) is 8.39. The van der Waals surface area contributed by atoms with Crippen molar-refractivity contribution >= 4 is 11.9 Å². The number of carboxylic acids is 1. The predicted octanol–water partition coefficient (Wildman–Crippen LogP) is 2.47. The van der Waals surface area contributed by atoms with Crippen molar-refractivity contribution in [3.8, 4) is 5.75 Å². The minimum absolute atomic E-state index is 0.138. The zero-order valence-corrected chi connectivity index (χ0v) is 14.2. The van der Waals surface area contributed by atoms with Gasteiger partial charge in [0.2, 0.25) is 0 Å². The normalized spacial score (nSPS) is 19.5. The van der Waals surface area contributed by atoms with Crippen LogP contribution in [0.25, 0.3) is 0 Å². The Morgan fingerprint density at radius 3 is 2.62 bits per heavy atom. The van der Waals surface area contributed by atoms with Gasteiger partial charge in [-0.2, -0.15) is 0 Å². The Balaban J connectivity index is 1.91. The van der Waals surface area contributed by atoms with Gasteiger partial charge in [-0.25, -0.2) is 4.79 Å². The van der Waals surface area contributed by atoms with Crippen LogP contribution in [0.1, 0.15) is 43.5 Å². The van der Waals surface area contributed by atoms with Crippen LogP contribution in [-0.4, -0.2) is 42.3 Å². The number of amides is 1. The molecule has 0 radical (unpaired) electrons. The fourth-order valence-corrected chi connectivity index (χ4v) is 2.58. The van der Waals surface area contributed by atoms with Crippen LogP contribution >= 0.6 is 0 Å². The molecule has 132 valence electrons. The Kier molecular flexibility index (Phi) is 6.61. The molecule has 2 rings (SSSR count). The molecule has 1 unspecified atom stereocenters. The topological polar surface area (TPSA) is 84.9 Å². The molecule has 1 aromatic carbocycles. The van der Waals surface area contributed by atoms with Gasteiger partial charge in [-0.15, -0.1) is 0 Å². The first-order chi connectivity index (χ1) is 11.5. The van der Waals surface area contributed by atoms with Crippen LogP contribution in [-0.2, 0) is 9.53 Å². The molecule has 1 saturated heterocycles. The van der Waals surface area contributed by atoms with Crippen LogP contribution in [0.3, 0.4) is 0 Å². The third-order valence-electron chi connectivity index (χ3n) is 4.34. The quantitative estimate of drug-likeness (QED) is 0.762. The van der Waals surface area contributed by atoms with Gasteiger partial charge in [-0.1, -0.05) is 20.3 Å². The zero-order chi connectivity index (χ0) is 17.5. The Morgan fingerprint density at radius 1 is 1.38 bits per heavy atom. The third kappa shape index (κ3) is 4.96. The van der Waals surface area contributed by atoms with E-state index in [1.807, 2.05) is 6.92 Å². The first kappa shape index (κ1) is 18.3. The number of carbonyl (C=O) groups is 2. The van der Waals surface area contributed by atoms with Crippen LogP contribution in [0.5, 0.6) is 5.75 Å². The lowest BCUT2D eigenvalue weighted by Crippen LogP contribution is -2.45. The summed E-state index contributed by atoms with van der Waals surface area (Å²) in [5.41, 5.74) is 0.411. The maximum atomic E-state index is 12.2. The minimum atomic E-state index is -1.02. The number of hydrogen-bond acceptors (Lipinski definition) is 4. The van der Waals surface area contributed by atoms with Crippen LogP contribution in [0.2, 0.25) is 0 Å². The van der Waals surface area contributed by atoms with E-state index in [1.165, 1.54) is 0 Å². The summed E-state index contributed by atoms with van der Waals surface area (Å²) in [4.78, 5) is 23.5. The summed E-state index contributed by atoms with van der Waals surface area (Å²) >= 11 is 0. The molecule has 1 fully saturated rings. The maximum absolute atomic E-state index is 12.2. The van der Waals surface area contributed by atoms with E-state index in [9.17, 15) is 14.7 Å². The molecule has 1 aromatic rings. The van der Waals surface area contributed by atoms with Gasteiger partial charge in [-0.3, -0.25) is 4.79 Å². The molecule has 0 aromatic heterocycles. The van der Waals surface area contributed by atoms with Crippen molar-refractivity contribution in [2.24, 2.45) is 5.92 Å². The Morgan fingerprint density at radius 2 is 2.08 bits per heavy atom. The molecule has 2 N–H and O–H groups in total. The van der Waals surface area contributed by atoms with Crippen molar-refractivity contribution in [1.82, 2.24) is 5.32 Å². The van der Waals surface area contributed by atoms with Crippen LogP contribution < -0.4 is 10.1 Å². The number of carbonyl (C=O) groups excluding carboxylic acids is 1. The van der Waals surface area contributed by atoms with E-state index in [-0.39, 0.29) is 12.0 Å². The molecule has 0 spiro atoms. The molecule has 24 heavy (non-hydrogen) atoms. The minimum Gasteiger partial charge on any atom is -0.491 e. The lowest BCUT2D eigenvalue weighted by Gasteiger charge is -2.20. The van der Waals surface area contributed by atoms with Crippen molar-refractivity contribution < 1.29 is 24.2 Å². The largest absolute Gasteiger partial charge is 0.491 e. The molecule has 1 aliphatic heterocycles. The second kappa shape index (κ2) is 8.68. The number of ether oxygens (including phenoxy) is 2. The van der Waals surface area contributed by atoms with E-state index in [1.54, 1.807) is 31.2 Å². The van der Waals surface area contributed by atoms with Crippen molar-refractivity contribution in [2.45, 2.75) is 45.3 Å².